The van der Waals surface area contributed by atoms with E-state index in [9.17, 15) is 0 Å². The van der Waals surface area contributed by atoms with E-state index in [2.05, 4.69) is 20.0 Å². The van der Waals surface area contributed by atoms with Crippen molar-refractivity contribution in [1.29, 1.82) is 0 Å². The molecule has 0 fully saturated rings. The van der Waals surface area contributed by atoms with Gasteiger partial charge in [-0.05, 0) is 20.0 Å². The highest BCUT2D eigenvalue weighted by Crippen LogP contribution is 2.14. The molecule has 0 aromatic rings. The Morgan fingerprint density at radius 1 is 0.833 bits per heavy atom. The molecule has 0 spiro atoms. The van der Waals surface area contributed by atoms with Crippen LogP contribution in [0.1, 0.15) is 0 Å². The summed E-state index contributed by atoms with van der Waals surface area (Å²) in [6.07, 6.45) is 0. The maximum atomic E-state index is 2.23. The van der Waals surface area contributed by atoms with Crippen molar-refractivity contribution >= 4 is 27.7 Å². The zero-order valence-electron chi connectivity index (χ0n) is 4.86. The van der Waals surface area contributed by atoms with E-state index in [-0.39, 0.29) is 19.8 Å². The van der Waals surface area contributed by atoms with Gasteiger partial charge in [0.05, 0.1) is 0 Å². The van der Waals surface area contributed by atoms with Crippen LogP contribution in [0.3, 0.4) is 0 Å². The first kappa shape index (κ1) is 15.7. The third-order valence-corrected chi connectivity index (χ3v) is 0. The van der Waals surface area contributed by atoms with Gasteiger partial charge in [0.15, 0.2) is 0 Å². The molecule has 2 atom stereocenters. The van der Waals surface area contributed by atoms with Gasteiger partial charge in [-0.15, -0.1) is 7.92 Å². The highest BCUT2D eigenvalue weighted by atomic mass is 31.1. The highest BCUT2D eigenvalue weighted by Gasteiger charge is 1.65. The molecular formula is C3H15P3. The van der Waals surface area contributed by atoms with E-state index in [4.69, 9.17) is 0 Å². The molecule has 2 unspecified atom stereocenters. The zero-order chi connectivity index (χ0) is 3.58. The molecule has 0 radical (unpaired) electrons. The molecule has 0 saturated carbocycles. The summed E-state index contributed by atoms with van der Waals surface area (Å²) in [5.74, 6) is 0. The van der Waals surface area contributed by atoms with Gasteiger partial charge in [-0.3, -0.25) is 0 Å². The monoisotopic (exact) mass is 144 g/mol. The van der Waals surface area contributed by atoms with Crippen molar-refractivity contribution in [3.63, 3.8) is 0 Å². The van der Waals surface area contributed by atoms with Crippen LogP contribution in [0.2, 0.25) is 0 Å². The molecule has 0 rings (SSSR count). The molecule has 0 amide bonds. The normalized spacial score (nSPS) is 6.00. The fourth-order valence-corrected chi connectivity index (χ4v) is 0. The van der Waals surface area contributed by atoms with Gasteiger partial charge in [-0.2, -0.15) is 19.8 Å². The Kier molecular flexibility index (Phi) is 25.0. The Labute approximate surface area is 48.5 Å². The topological polar surface area (TPSA) is 0 Å². The lowest BCUT2D eigenvalue weighted by Gasteiger charge is -1.81. The maximum Gasteiger partial charge on any atom is -0.0449 e. The second-order valence-electron chi connectivity index (χ2n) is 1.34. The Morgan fingerprint density at radius 2 is 0.833 bits per heavy atom. The molecule has 0 saturated heterocycles. The van der Waals surface area contributed by atoms with Crippen LogP contribution in [0.15, 0.2) is 0 Å². The molecule has 0 aliphatic heterocycles. The van der Waals surface area contributed by atoms with Crippen LogP contribution < -0.4 is 0 Å². The van der Waals surface area contributed by atoms with Gasteiger partial charge >= 0.3 is 0 Å². The third-order valence-electron chi connectivity index (χ3n) is 0. The summed E-state index contributed by atoms with van der Waals surface area (Å²) in [6, 6.07) is 0. The second kappa shape index (κ2) is 9.56. The minimum Gasteiger partial charge on any atom is -0.153 e. The number of rotatable bonds is 0. The van der Waals surface area contributed by atoms with Gasteiger partial charge in [0.25, 0.3) is 0 Å². The SMILES string of the molecule is CP(C)C.P.P. The fourth-order valence-electron chi connectivity index (χ4n) is 0. The standard InChI is InChI=1S/C3H9P.2H3P/c1-4(2)3;;/h1-3H3;2*1H3. The van der Waals surface area contributed by atoms with E-state index in [0.717, 1.165) is 0 Å². The second-order valence-corrected chi connectivity index (χ2v) is 4.02. The van der Waals surface area contributed by atoms with Crippen molar-refractivity contribution in [3.8, 4) is 0 Å². The van der Waals surface area contributed by atoms with Crippen LogP contribution in [-0.2, 0) is 0 Å². The predicted octanol–water partition coefficient (Wildman–Crippen LogP) is 1.47. The van der Waals surface area contributed by atoms with Gasteiger partial charge in [-0.25, -0.2) is 0 Å². The van der Waals surface area contributed by atoms with Crippen molar-refractivity contribution in [2.45, 2.75) is 0 Å². The molecular weight excluding hydrogens is 129 g/mol. The first-order valence-electron chi connectivity index (χ1n) is 1.34. The molecule has 0 aromatic heterocycles. The Bertz CT molecular complexity index is 10.8. The minimum absolute atomic E-state index is 0. The molecule has 0 N–H and O–H groups in total. The van der Waals surface area contributed by atoms with Gasteiger partial charge < -0.3 is 0 Å². The molecule has 0 aliphatic carbocycles. The third kappa shape index (κ3) is 58.5. The van der Waals surface area contributed by atoms with Crippen molar-refractivity contribution in [2.24, 2.45) is 0 Å². The van der Waals surface area contributed by atoms with E-state index in [1.807, 2.05) is 0 Å². The lowest BCUT2D eigenvalue weighted by molar-refractivity contribution is 2.13. The first-order valence-corrected chi connectivity index (χ1v) is 4.02. The smallest absolute Gasteiger partial charge is 0.0449 e. The minimum atomic E-state index is 0. The molecule has 6 heavy (non-hydrogen) atoms. The molecule has 42 valence electrons. The summed E-state index contributed by atoms with van der Waals surface area (Å²) in [5.41, 5.74) is 0. The maximum absolute atomic E-state index is 2.23. The average molecular weight is 144 g/mol. The largest absolute Gasteiger partial charge is 0.153 e. The summed E-state index contributed by atoms with van der Waals surface area (Å²) < 4.78 is 0. The summed E-state index contributed by atoms with van der Waals surface area (Å²) in [7, 11) is 0.380. The average Bonchev–Trinajstić information content (AvgIpc) is 0.811. The number of hydrogen-bond acceptors (Lipinski definition) is 0. The molecule has 0 bridgehead atoms. The van der Waals surface area contributed by atoms with Crippen LogP contribution in [-0.4, -0.2) is 20.0 Å². The van der Waals surface area contributed by atoms with E-state index < -0.39 is 0 Å². The molecule has 0 aliphatic rings. The van der Waals surface area contributed by atoms with Gasteiger partial charge in [0, 0.05) is 0 Å². The highest BCUT2D eigenvalue weighted by molar-refractivity contribution is 7.55. The van der Waals surface area contributed by atoms with Gasteiger partial charge in [0.2, 0.25) is 0 Å². The van der Waals surface area contributed by atoms with Crippen LogP contribution in [0.25, 0.3) is 0 Å². The zero-order valence-corrected chi connectivity index (χ0v) is 8.58. The van der Waals surface area contributed by atoms with E-state index >= 15 is 0 Å². The van der Waals surface area contributed by atoms with E-state index in [0.29, 0.717) is 7.92 Å². The van der Waals surface area contributed by atoms with E-state index in [1.54, 1.807) is 0 Å². The quantitative estimate of drug-likeness (QED) is 0.451. The van der Waals surface area contributed by atoms with Crippen molar-refractivity contribution in [1.82, 2.24) is 0 Å². The molecule has 3 heteroatoms. The van der Waals surface area contributed by atoms with Crippen LogP contribution >= 0.6 is 27.7 Å². The molecule has 0 heterocycles. The van der Waals surface area contributed by atoms with Crippen LogP contribution in [0, 0.1) is 0 Å². The van der Waals surface area contributed by atoms with Gasteiger partial charge in [0.1, 0.15) is 0 Å². The predicted molar refractivity (Wildman–Crippen MR) is 46.9 cm³/mol. The van der Waals surface area contributed by atoms with Crippen molar-refractivity contribution in [3.05, 3.63) is 0 Å². The Balaban J connectivity index is -0.0000000450. The number of hydrogen-bond donors (Lipinski definition) is 0. The Morgan fingerprint density at radius 3 is 0.833 bits per heavy atom. The van der Waals surface area contributed by atoms with Gasteiger partial charge in [-0.1, -0.05) is 0 Å². The van der Waals surface area contributed by atoms with Crippen molar-refractivity contribution < 1.29 is 0 Å². The van der Waals surface area contributed by atoms with Crippen LogP contribution in [0.4, 0.5) is 0 Å². The lowest BCUT2D eigenvalue weighted by atomic mass is 11.9. The van der Waals surface area contributed by atoms with E-state index in [1.165, 1.54) is 0 Å². The van der Waals surface area contributed by atoms with Crippen molar-refractivity contribution in [2.75, 3.05) is 20.0 Å². The molecule has 0 aromatic carbocycles. The summed E-state index contributed by atoms with van der Waals surface area (Å²) in [6.45, 7) is 6.69. The summed E-state index contributed by atoms with van der Waals surface area (Å²) in [4.78, 5) is 0. The lowest BCUT2D eigenvalue weighted by Crippen LogP contribution is -1.48. The van der Waals surface area contributed by atoms with Crippen LogP contribution in [0.5, 0.6) is 0 Å². The fraction of sp³-hybridized carbons (Fsp3) is 1.00. The summed E-state index contributed by atoms with van der Waals surface area (Å²) >= 11 is 0. The Hall–Kier alpha value is 1.29. The summed E-state index contributed by atoms with van der Waals surface area (Å²) in [5, 5.41) is 0. The molecule has 0 nitrogen and oxygen atoms in total. The first-order chi connectivity index (χ1) is 1.73.